The molecule has 5 rings (SSSR count). The second-order valence-corrected chi connectivity index (χ2v) is 9.33. The van der Waals surface area contributed by atoms with E-state index in [4.69, 9.17) is 9.47 Å². The number of H-pyrrole nitrogens is 1. The first-order chi connectivity index (χ1) is 18.2. The lowest BCUT2D eigenvalue weighted by Crippen LogP contribution is -2.37. The lowest BCUT2D eigenvalue weighted by Gasteiger charge is -2.31. The van der Waals surface area contributed by atoms with Crippen LogP contribution in [-0.2, 0) is 0 Å². The molecule has 0 bridgehead atoms. The number of nitrogens with zero attached hydrogens (tertiary/aromatic N) is 7. The van der Waals surface area contributed by atoms with Gasteiger partial charge in [0.25, 0.3) is 5.91 Å². The Hall–Kier alpha value is -4.22. The summed E-state index contributed by atoms with van der Waals surface area (Å²) < 4.78 is 49.0. The van der Waals surface area contributed by atoms with Crippen LogP contribution in [0.25, 0.3) is 11.0 Å². The number of anilines is 1. The summed E-state index contributed by atoms with van der Waals surface area (Å²) in [6.45, 7) is -0.532. The molecule has 0 unspecified atom stereocenters. The lowest BCUT2D eigenvalue weighted by molar-refractivity contribution is -0.123. The molecule has 0 aromatic carbocycles. The Morgan fingerprint density at radius 2 is 2.05 bits per heavy atom. The van der Waals surface area contributed by atoms with Crippen LogP contribution < -0.4 is 19.7 Å². The topological polar surface area (TPSA) is 155 Å². The van der Waals surface area contributed by atoms with Crippen molar-refractivity contribution in [3.05, 3.63) is 23.8 Å². The van der Waals surface area contributed by atoms with Crippen LogP contribution >= 0.6 is 0 Å². The maximum atomic E-state index is 12.6. The van der Waals surface area contributed by atoms with Gasteiger partial charge in [-0.3, -0.25) is 9.89 Å². The minimum atomic E-state index is -4.59. The van der Waals surface area contributed by atoms with Crippen LogP contribution in [0, 0.1) is 16.7 Å². The van der Waals surface area contributed by atoms with Gasteiger partial charge in [0, 0.05) is 25.2 Å². The molecule has 2 fully saturated rings. The number of aromatic amines is 1. The molecule has 1 amide bonds. The number of rotatable bonds is 8. The molecule has 200 valence electrons. The van der Waals surface area contributed by atoms with Crippen LogP contribution in [0.5, 0.6) is 11.8 Å². The summed E-state index contributed by atoms with van der Waals surface area (Å²) in [4.78, 5) is 30.9. The fourth-order valence-corrected chi connectivity index (χ4v) is 4.33. The minimum Gasteiger partial charge on any atom is -0.496 e. The van der Waals surface area contributed by atoms with Crippen LogP contribution in [0.1, 0.15) is 47.9 Å². The summed E-state index contributed by atoms with van der Waals surface area (Å²) in [6, 6.07) is 3.74. The average Bonchev–Trinajstić information content (AvgIpc) is 3.58. The largest absolute Gasteiger partial charge is 0.496 e. The molecule has 12 nitrogen and oxygen atoms in total. The van der Waals surface area contributed by atoms with Gasteiger partial charge in [-0.05, 0) is 31.7 Å². The fourth-order valence-electron chi connectivity index (χ4n) is 4.33. The van der Waals surface area contributed by atoms with E-state index in [-0.39, 0.29) is 24.5 Å². The summed E-state index contributed by atoms with van der Waals surface area (Å²) in [7, 11) is 1.58. The highest BCUT2D eigenvalue weighted by Crippen LogP contribution is 2.45. The predicted molar refractivity (Wildman–Crippen MR) is 126 cm³/mol. The van der Waals surface area contributed by atoms with Crippen LogP contribution in [-0.4, -0.2) is 75.6 Å². The number of hydrogen-bond donors (Lipinski definition) is 2. The van der Waals surface area contributed by atoms with Gasteiger partial charge in [0.1, 0.15) is 18.9 Å². The highest BCUT2D eigenvalue weighted by Gasteiger charge is 2.44. The second-order valence-electron chi connectivity index (χ2n) is 9.33. The number of carbonyl (C=O) groups is 1. The number of ether oxygens (including phenoxy) is 2. The van der Waals surface area contributed by atoms with Gasteiger partial charge in [0.2, 0.25) is 11.8 Å². The van der Waals surface area contributed by atoms with Crippen LogP contribution in [0.15, 0.2) is 12.3 Å². The van der Waals surface area contributed by atoms with Crippen LogP contribution in [0.3, 0.4) is 0 Å². The molecule has 1 aliphatic heterocycles. The minimum absolute atomic E-state index is 0.0153. The van der Waals surface area contributed by atoms with E-state index in [2.05, 4.69) is 36.2 Å². The van der Waals surface area contributed by atoms with E-state index < -0.39 is 29.9 Å². The number of nitrogens with one attached hydrogen (secondary N) is 2. The van der Waals surface area contributed by atoms with Gasteiger partial charge in [0.05, 0.1) is 29.7 Å². The molecule has 1 aliphatic carbocycles. The predicted octanol–water partition coefficient (Wildman–Crippen LogP) is 2.51. The molecule has 1 saturated carbocycles. The van der Waals surface area contributed by atoms with Crippen molar-refractivity contribution in [1.82, 2.24) is 35.5 Å². The first kappa shape index (κ1) is 25.4. The molecule has 3 aromatic rings. The molecule has 4 heterocycles. The molecular weight excluding hydrogens is 507 g/mol. The van der Waals surface area contributed by atoms with E-state index in [1.54, 1.807) is 24.7 Å². The van der Waals surface area contributed by atoms with E-state index in [1.165, 1.54) is 0 Å². The molecule has 3 aromatic heterocycles. The van der Waals surface area contributed by atoms with Gasteiger partial charge < -0.3 is 19.7 Å². The third-order valence-electron chi connectivity index (χ3n) is 6.67. The molecule has 1 saturated heterocycles. The molecule has 2 N–H and O–H groups in total. The standard InChI is InChI=1S/C23H24F3N9O3/c1-37-14-2-7-28-17-15(14)16(33-34-17)13-3-8-35(9-4-13)20-30-18(19(36)29-11-23(24,25)26)31-21(32-20)38-12-22(10-27)5-6-22/h2,7,13H,3-6,8-9,11-12H2,1H3,(H,29,36)(H,28,33,34). The number of carbonyl (C=O) groups excluding carboxylic acids is 1. The number of fused-ring (bicyclic) bond motifs is 1. The summed E-state index contributed by atoms with van der Waals surface area (Å²) in [6.07, 6.45) is -0.298. The number of hydrogen-bond acceptors (Lipinski definition) is 10. The van der Waals surface area contributed by atoms with Crippen molar-refractivity contribution in [1.29, 1.82) is 5.26 Å². The van der Waals surface area contributed by atoms with Gasteiger partial charge in [-0.25, -0.2) is 4.98 Å². The van der Waals surface area contributed by atoms with Crippen molar-refractivity contribution in [2.75, 3.05) is 38.3 Å². The summed E-state index contributed by atoms with van der Waals surface area (Å²) in [5.74, 6) is -0.710. The molecule has 15 heteroatoms. The van der Waals surface area contributed by atoms with Gasteiger partial charge >= 0.3 is 12.2 Å². The molecule has 2 aliphatic rings. The number of halogens is 3. The highest BCUT2D eigenvalue weighted by molar-refractivity contribution is 5.90. The quantitative estimate of drug-likeness (QED) is 0.443. The third-order valence-corrected chi connectivity index (χ3v) is 6.67. The third kappa shape index (κ3) is 5.38. The van der Waals surface area contributed by atoms with Crippen molar-refractivity contribution < 1.29 is 27.4 Å². The molecule has 0 radical (unpaired) electrons. The Bertz CT molecular complexity index is 1380. The number of piperidine rings is 1. The maximum Gasteiger partial charge on any atom is 0.405 e. The number of alkyl halides is 3. The van der Waals surface area contributed by atoms with Crippen LogP contribution in [0.2, 0.25) is 0 Å². The zero-order valence-corrected chi connectivity index (χ0v) is 20.4. The summed E-state index contributed by atoms with van der Waals surface area (Å²) in [5, 5.41) is 19.2. The monoisotopic (exact) mass is 531 g/mol. The number of amides is 1. The van der Waals surface area contributed by atoms with Gasteiger partial charge in [-0.1, -0.05) is 0 Å². The number of nitriles is 1. The first-order valence-electron chi connectivity index (χ1n) is 12.0. The summed E-state index contributed by atoms with van der Waals surface area (Å²) >= 11 is 0. The Labute approximate surface area is 214 Å². The Morgan fingerprint density at radius 3 is 2.71 bits per heavy atom. The molecule has 38 heavy (non-hydrogen) atoms. The zero-order chi connectivity index (χ0) is 26.9. The molecule has 0 atom stereocenters. The fraction of sp³-hybridized carbons (Fsp3) is 0.522. The van der Waals surface area contributed by atoms with Gasteiger partial charge in [0.15, 0.2) is 5.65 Å². The first-order valence-corrected chi connectivity index (χ1v) is 12.0. The van der Waals surface area contributed by atoms with E-state index >= 15 is 0 Å². The molecule has 0 spiro atoms. The van der Waals surface area contributed by atoms with E-state index in [1.807, 2.05) is 4.90 Å². The Morgan fingerprint density at radius 1 is 1.29 bits per heavy atom. The van der Waals surface area contributed by atoms with E-state index in [0.29, 0.717) is 50.2 Å². The van der Waals surface area contributed by atoms with Crippen molar-refractivity contribution in [2.24, 2.45) is 5.41 Å². The molecular formula is C23H24F3N9O3. The zero-order valence-electron chi connectivity index (χ0n) is 20.4. The SMILES string of the molecule is COc1ccnc2n[nH]c(C3CCN(c4nc(OCC5(C#N)CC5)nc(C(=O)NCC(F)(F)F)n4)CC3)c12. The van der Waals surface area contributed by atoms with E-state index in [0.717, 1.165) is 11.1 Å². The Kier molecular flexibility index (Phi) is 6.64. The Balaban J connectivity index is 1.34. The van der Waals surface area contributed by atoms with Crippen molar-refractivity contribution >= 4 is 22.9 Å². The second kappa shape index (κ2) is 9.92. The number of pyridine rings is 1. The van der Waals surface area contributed by atoms with Gasteiger partial charge in [-0.15, -0.1) is 0 Å². The van der Waals surface area contributed by atoms with Crippen molar-refractivity contribution in [3.63, 3.8) is 0 Å². The smallest absolute Gasteiger partial charge is 0.405 e. The highest BCUT2D eigenvalue weighted by atomic mass is 19.4. The maximum absolute atomic E-state index is 12.6. The average molecular weight is 531 g/mol. The van der Waals surface area contributed by atoms with Crippen molar-refractivity contribution in [3.8, 4) is 17.8 Å². The number of aromatic nitrogens is 6. The van der Waals surface area contributed by atoms with Gasteiger partial charge in [-0.2, -0.15) is 38.5 Å². The normalized spacial score (nSPS) is 17.2. The van der Waals surface area contributed by atoms with Crippen molar-refractivity contribution in [2.45, 2.75) is 37.8 Å². The van der Waals surface area contributed by atoms with E-state index in [9.17, 15) is 23.2 Å². The number of methoxy groups -OCH3 is 1. The lowest BCUT2D eigenvalue weighted by atomic mass is 9.92. The summed E-state index contributed by atoms with van der Waals surface area (Å²) in [5.41, 5.74) is 0.830. The van der Waals surface area contributed by atoms with Crippen LogP contribution in [0.4, 0.5) is 19.1 Å².